The molecular formula is C20H24N4O4S. The Morgan fingerprint density at radius 3 is 2.66 bits per heavy atom. The molecule has 0 aliphatic heterocycles. The number of hydrogen-bond donors (Lipinski definition) is 4. The number of hydrogen-bond acceptors (Lipinski definition) is 4. The van der Waals surface area contributed by atoms with Crippen molar-refractivity contribution in [2.24, 2.45) is 0 Å². The first-order valence-electron chi connectivity index (χ1n) is 9.38. The number of alkyl carbamates (subject to hydrolysis) is 1. The summed E-state index contributed by atoms with van der Waals surface area (Å²) in [4.78, 5) is 20.2. The van der Waals surface area contributed by atoms with Crippen LogP contribution in [0.1, 0.15) is 36.7 Å². The molecule has 29 heavy (non-hydrogen) atoms. The molecule has 2 atom stereocenters. The standard InChI is InChI=1S/C20H24N4O4S/c25-20(28-14-15-8-2-1-3-9-15)24-18(12-6-7-13-21-29(26)27)19-22-16-10-4-5-11-17(16)23-19/h1-5,8-11,18,21H,6-7,12-14H2,(H,22,23)(H,24,25)(H,26,27)/t18-/m0/s1. The van der Waals surface area contributed by atoms with Crippen LogP contribution in [0, 0.1) is 0 Å². The molecule has 1 amide bonds. The average Bonchev–Trinajstić information content (AvgIpc) is 3.16. The van der Waals surface area contributed by atoms with Gasteiger partial charge in [0, 0.05) is 6.54 Å². The monoisotopic (exact) mass is 416 g/mol. The number of rotatable bonds is 10. The summed E-state index contributed by atoms with van der Waals surface area (Å²) in [5.74, 6) is 0.654. The van der Waals surface area contributed by atoms with Crippen LogP contribution in [0.25, 0.3) is 11.0 Å². The summed E-state index contributed by atoms with van der Waals surface area (Å²) >= 11 is -2.01. The van der Waals surface area contributed by atoms with Crippen molar-refractivity contribution in [3.63, 3.8) is 0 Å². The minimum atomic E-state index is -2.01. The lowest BCUT2D eigenvalue weighted by Crippen LogP contribution is -2.30. The molecule has 2 aromatic carbocycles. The Labute approximate surface area is 171 Å². The van der Waals surface area contributed by atoms with Gasteiger partial charge >= 0.3 is 6.09 Å². The number of amides is 1. The van der Waals surface area contributed by atoms with E-state index in [4.69, 9.17) is 9.29 Å². The number of nitrogens with zero attached hydrogens (tertiary/aromatic N) is 1. The summed E-state index contributed by atoms with van der Waals surface area (Å²) in [5, 5.41) is 2.88. The molecule has 154 valence electrons. The van der Waals surface area contributed by atoms with Crippen LogP contribution < -0.4 is 10.0 Å². The second kappa shape index (κ2) is 10.7. The van der Waals surface area contributed by atoms with Gasteiger partial charge in [0.15, 0.2) is 0 Å². The maximum Gasteiger partial charge on any atom is 0.408 e. The lowest BCUT2D eigenvalue weighted by atomic mass is 10.1. The maximum absolute atomic E-state index is 12.3. The van der Waals surface area contributed by atoms with Gasteiger partial charge in [-0.3, -0.25) is 4.55 Å². The third kappa shape index (κ3) is 6.67. The van der Waals surface area contributed by atoms with Gasteiger partial charge in [-0.15, -0.1) is 0 Å². The highest BCUT2D eigenvalue weighted by Crippen LogP contribution is 2.20. The van der Waals surface area contributed by atoms with Gasteiger partial charge in [0.05, 0.1) is 17.1 Å². The molecule has 0 spiro atoms. The third-order valence-electron chi connectivity index (χ3n) is 4.39. The Morgan fingerprint density at radius 2 is 1.90 bits per heavy atom. The Hall–Kier alpha value is -2.75. The normalized spacial score (nSPS) is 13.1. The van der Waals surface area contributed by atoms with Crippen LogP contribution >= 0.6 is 0 Å². The molecule has 3 rings (SSSR count). The number of para-hydroxylation sites is 2. The highest BCUT2D eigenvalue weighted by atomic mass is 32.2. The largest absolute Gasteiger partial charge is 0.445 e. The highest BCUT2D eigenvalue weighted by Gasteiger charge is 2.19. The lowest BCUT2D eigenvalue weighted by Gasteiger charge is -2.16. The first kappa shape index (κ1) is 21.0. The van der Waals surface area contributed by atoms with E-state index in [1.54, 1.807) is 0 Å². The fraction of sp³-hybridized carbons (Fsp3) is 0.300. The van der Waals surface area contributed by atoms with Crippen LogP contribution in [0.2, 0.25) is 0 Å². The zero-order valence-corrected chi connectivity index (χ0v) is 16.7. The van der Waals surface area contributed by atoms with Gasteiger partial charge in [0.25, 0.3) is 0 Å². The van der Waals surface area contributed by atoms with E-state index in [-0.39, 0.29) is 12.6 Å². The van der Waals surface area contributed by atoms with Crippen LogP contribution in [0.5, 0.6) is 0 Å². The molecule has 1 heterocycles. The molecule has 0 saturated heterocycles. The van der Waals surface area contributed by atoms with E-state index >= 15 is 0 Å². The number of imidazole rings is 1. The smallest absolute Gasteiger partial charge is 0.408 e. The number of nitrogens with one attached hydrogen (secondary N) is 3. The summed E-state index contributed by atoms with van der Waals surface area (Å²) in [6.07, 6.45) is 1.50. The Balaban J connectivity index is 1.61. The van der Waals surface area contributed by atoms with Crippen LogP contribution in [-0.2, 0) is 22.6 Å². The van der Waals surface area contributed by atoms with E-state index in [0.29, 0.717) is 25.2 Å². The first-order valence-corrected chi connectivity index (χ1v) is 10.5. The Morgan fingerprint density at radius 1 is 1.14 bits per heavy atom. The quantitative estimate of drug-likeness (QED) is 0.298. The number of carbonyl (C=O) groups is 1. The molecule has 0 aliphatic carbocycles. The molecule has 0 saturated carbocycles. The number of benzene rings is 2. The number of aromatic amines is 1. The van der Waals surface area contributed by atoms with Gasteiger partial charge in [0.2, 0.25) is 11.3 Å². The second-order valence-corrected chi connectivity index (χ2v) is 7.32. The number of H-pyrrole nitrogens is 1. The minimum Gasteiger partial charge on any atom is -0.445 e. The van der Waals surface area contributed by atoms with Gasteiger partial charge in [-0.1, -0.05) is 42.5 Å². The van der Waals surface area contributed by atoms with Crippen LogP contribution in [0.3, 0.4) is 0 Å². The van der Waals surface area contributed by atoms with Gasteiger partial charge in [-0.05, 0) is 37.0 Å². The number of unbranched alkanes of at least 4 members (excludes halogenated alkanes) is 1. The van der Waals surface area contributed by atoms with Crippen molar-refractivity contribution in [1.29, 1.82) is 0 Å². The molecule has 4 N–H and O–H groups in total. The molecule has 9 heteroatoms. The Bertz CT molecular complexity index is 915. The van der Waals surface area contributed by atoms with E-state index in [2.05, 4.69) is 20.0 Å². The number of ether oxygens (including phenoxy) is 1. The number of fused-ring (bicyclic) bond motifs is 1. The van der Waals surface area contributed by atoms with E-state index in [9.17, 15) is 9.00 Å². The van der Waals surface area contributed by atoms with Crippen molar-refractivity contribution in [2.75, 3.05) is 6.54 Å². The van der Waals surface area contributed by atoms with Crippen LogP contribution in [0.4, 0.5) is 4.79 Å². The molecule has 0 bridgehead atoms. The van der Waals surface area contributed by atoms with Crippen LogP contribution in [0.15, 0.2) is 54.6 Å². The highest BCUT2D eigenvalue weighted by molar-refractivity contribution is 7.77. The fourth-order valence-electron chi connectivity index (χ4n) is 2.95. The molecule has 3 aromatic rings. The minimum absolute atomic E-state index is 0.186. The summed E-state index contributed by atoms with van der Waals surface area (Å²) in [6.45, 7) is 0.597. The van der Waals surface area contributed by atoms with E-state index in [0.717, 1.165) is 23.0 Å². The number of carbonyl (C=O) groups excluding carboxylic acids is 1. The Kier molecular flexibility index (Phi) is 7.74. The fourth-order valence-corrected chi connectivity index (χ4v) is 3.27. The predicted octanol–water partition coefficient (Wildman–Crippen LogP) is 3.43. The SMILES string of the molecule is O=C(N[C@@H](CCCCNS(=O)O)c1nc2ccccc2[nH]1)OCc1ccccc1. The summed E-state index contributed by atoms with van der Waals surface area (Å²) in [5.41, 5.74) is 2.62. The zero-order chi connectivity index (χ0) is 20.5. The molecule has 0 fully saturated rings. The van der Waals surface area contributed by atoms with Crippen molar-refractivity contribution in [1.82, 2.24) is 20.0 Å². The summed E-state index contributed by atoms with van der Waals surface area (Å²) in [7, 11) is 0. The topological polar surface area (TPSA) is 116 Å². The zero-order valence-electron chi connectivity index (χ0n) is 15.8. The van der Waals surface area contributed by atoms with Crippen LogP contribution in [-0.4, -0.2) is 31.4 Å². The van der Waals surface area contributed by atoms with Crippen molar-refractivity contribution < 1.29 is 18.3 Å². The third-order valence-corrected chi connectivity index (χ3v) is 4.84. The van der Waals surface area contributed by atoms with Gasteiger partial charge in [-0.2, -0.15) is 0 Å². The summed E-state index contributed by atoms with van der Waals surface area (Å²) < 4.78 is 27.2. The molecular weight excluding hydrogens is 392 g/mol. The molecule has 0 radical (unpaired) electrons. The number of aromatic nitrogens is 2. The average molecular weight is 417 g/mol. The molecule has 0 aliphatic rings. The lowest BCUT2D eigenvalue weighted by molar-refractivity contribution is 0.134. The van der Waals surface area contributed by atoms with Crippen molar-refractivity contribution in [3.8, 4) is 0 Å². The summed E-state index contributed by atoms with van der Waals surface area (Å²) in [6, 6.07) is 16.8. The maximum atomic E-state index is 12.3. The van der Waals surface area contributed by atoms with E-state index in [1.165, 1.54) is 0 Å². The predicted molar refractivity (Wildman–Crippen MR) is 111 cm³/mol. The van der Waals surface area contributed by atoms with Crippen molar-refractivity contribution >= 4 is 28.4 Å². The molecule has 1 unspecified atom stereocenters. The van der Waals surface area contributed by atoms with Gasteiger partial charge < -0.3 is 15.0 Å². The van der Waals surface area contributed by atoms with Crippen molar-refractivity contribution in [2.45, 2.75) is 31.9 Å². The second-order valence-electron chi connectivity index (χ2n) is 6.54. The van der Waals surface area contributed by atoms with Gasteiger partial charge in [0.1, 0.15) is 12.4 Å². The van der Waals surface area contributed by atoms with E-state index < -0.39 is 17.4 Å². The first-order chi connectivity index (χ1) is 14.1. The van der Waals surface area contributed by atoms with Gasteiger partial charge in [-0.25, -0.2) is 18.7 Å². The molecule has 8 nitrogen and oxygen atoms in total. The van der Waals surface area contributed by atoms with E-state index in [1.807, 2.05) is 54.6 Å². The molecule has 1 aromatic heterocycles. The van der Waals surface area contributed by atoms with Crippen molar-refractivity contribution in [3.05, 3.63) is 66.0 Å².